The Kier molecular flexibility index (Phi) is 6.73. The largest absolute Gasteiger partial charge is 0.113 e. The van der Waals surface area contributed by atoms with E-state index in [2.05, 4.69) is 104 Å². The summed E-state index contributed by atoms with van der Waals surface area (Å²) in [5, 5.41) is 3.54. The van der Waals surface area contributed by atoms with E-state index in [1.807, 2.05) is 0 Å². The Morgan fingerprint density at radius 1 is 0.543 bits per heavy atom. The van der Waals surface area contributed by atoms with Crippen LogP contribution in [0.25, 0.3) is 10.4 Å². The van der Waals surface area contributed by atoms with E-state index < -0.39 is 24.2 Å². The van der Waals surface area contributed by atoms with Gasteiger partial charge in [0.05, 0.1) is 0 Å². The van der Waals surface area contributed by atoms with E-state index in [9.17, 15) is 0 Å². The van der Waals surface area contributed by atoms with Crippen molar-refractivity contribution in [3.05, 3.63) is 79.9 Å². The van der Waals surface area contributed by atoms with Crippen LogP contribution in [-0.2, 0) is 24.9 Å². The first-order valence-corrected chi connectivity index (χ1v) is 24.1. The van der Waals surface area contributed by atoms with Crippen LogP contribution in [0, 0.1) is 13.8 Å². The molecule has 0 saturated heterocycles. The summed E-state index contributed by atoms with van der Waals surface area (Å²) in [7, 11) is -4.39. The Morgan fingerprint density at radius 2 is 0.886 bits per heavy atom. The monoisotopic (exact) mass is 516 g/mol. The quantitative estimate of drug-likeness (QED) is 0.335. The average molecular weight is 517 g/mol. The Bertz CT molecular complexity index is 1160. The maximum absolute atomic E-state index is 2.68. The SMILES string of the molecule is CC1=C([Si](C)(C)C2=C(C)Cc3c(C)ccc(C[Si](C)(C)C)c32)c2c(C[Si](C)(C)C)ccc(C)c2C1. The number of fused-ring (bicyclic) bond motifs is 2. The minimum absolute atomic E-state index is 1.15. The van der Waals surface area contributed by atoms with E-state index in [1.165, 1.54) is 23.2 Å². The van der Waals surface area contributed by atoms with Crippen molar-refractivity contribution in [2.24, 2.45) is 0 Å². The van der Waals surface area contributed by atoms with Crippen molar-refractivity contribution < 1.29 is 0 Å². The van der Waals surface area contributed by atoms with Gasteiger partial charge in [0.25, 0.3) is 0 Å². The van der Waals surface area contributed by atoms with Crippen molar-refractivity contribution in [3.8, 4) is 0 Å². The van der Waals surface area contributed by atoms with E-state index in [-0.39, 0.29) is 0 Å². The highest BCUT2D eigenvalue weighted by Gasteiger charge is 2.43. The lowest BCUT2D eigenvalue weighted by molar-refractivity contribution is 1.14. The second kappa shape index (κ2) is 8.85. The Hall–Kier alpha value is -1.43. The molecule has 2 aromatic rings. The molecule has 0 nitrogen and oxygen atoms in total. The maximum atomic E-state index is 2.68. The molecule has 0 heterocycles. The smallest absolute Gasteiger partial charge is 0.0693 e. The fourth-order valence-electron chi connectivity index (χ4n) is 7.07. The molecule has 0 saturated carbocycles. The first kappa shape index (κ1) is 26.6. The van der Waals surface area contributed by atoms with Crippen LogP contribution in [0.1, 0.15) is 58.4 Å². The molecule has 2 aromatic carbocycles. The fourth-order valence-corrected chi connectivity index (χ4v) is 14.4. The lowest BCUT2D eigenvalue weighted by atomic mass is 9.99. The average Bonchev–Trinajstić information content (AvgIpc) is 3.23. The summed E-state index contributed by atoms with van der Waals surface area (Å²) < 4.78 is 0. The number of hydrogen-bond donors (Lipinski definition) is 0. The van der Waals surface area contributed by atoms with Crippen LogP contribution in [0.2, 0.25) is 52.4 Å². The summed E-state index contributed by atoms with van der Waals surface area (Å²) in [4.78, 5) is 0. The van der Waals surface area contributed by atoms with Gasteiger partial charge in [-0.15, -0.1) is 0 Å². The molecule has 0 spiro atoms. The number of hydrogen-bond acceptors (Lipinski definition) is 0. The highest BCUT2D eigenvalue weighted by atomic mass is 28.3. The van der Waals surface area contributed by atoms with Gasteiger partial charge in [0, 0.05) is 16.1 Å². The number of allylic oxidation sites excluding steroid dienone is 2. The van der Waals surface area contributed by atoms with Crippen molar-refractivity contribution >= 4 is 34.6 Å². The number of rotatable bonds is 6. The molecule has 0 bridgehead atoms. The van der Waals surface area contributed by atoms with Crippen molar-refractivity contribution in [1.82, 2.24) is 0 Å². The zero-order valence-corrected chi connectivity index (χ0v) is 27.6. The summed E-state index contributed by atoms with van der Waals surface area (Å²) in [5.41, 5.74) is 16.2. The predicted octanol–water partition coefficient (Wildman–Crippen LogP) is 9.29. The maximum Gasteiger partial charge on any atom is 0.113 e. The summed E-state index contributed by atoms with van der Waals surface area (Å²) >= 11 is 0. The topological polar surface area (TPSA) is 0 Å². The lowest BCUT2D eigenvalue weighted by Crippen LogP contribution is -2.33. The Labute approximate surface area is 219 Å². The molecule has 0 unspecified atom stereocenters. The van der Waals surface area contributed by atoms with Gasteiger partial charge in [-0.3, -0.25) is 0 Å². The first-order chi connectivity index (χ1) is 16.0. The summed E-state index contributed by atoms with van der Waals surface area (Å²) in [5.74, 6) is 0. The third-order valence-corrected chi connectivity index (χ3v) is 14.9. The number of aryl methyl sites for hydroxylation is 2. The molecule has 0 atom stereocenters. The second-order valence-corrected chi connectivity index (χ2v) is 29.8. The van der Waals surface area contributed by atoms with Crippen molar-refractivity contribution in [3.63, 3.8) is 0 Å². The van der Waals surface area contributed by atoms with Gasteiger partial charge in [0.2, 0.25) is 0 Å². The van der Waals surface area contributed by atoms with Gasteiger partial charge in [-0.25, -0.2) is 0 Å². The fraction of sp³-hybridized carbons (Fsp3) is 0.500. The molecule has 2 aliphatic carbocycles. The molecular formula is C32H48Si3. The van der Waals surface area contributed by atoms with E-state index in [4.69, 9.17) is 0 Å². The van der Waals surface area contributed by atoms with Gasteiger partial charge < -0.3 is 0 Å². The molecule has 0 amide bonds. The van der Waals surface area contributed by atoms with Crippen molar-refractivity contribution in [1.29, 1.82) is 0 Å². The normalized spacial score (nSPS) is 16.3. The molecule has 3 heteroatoms. The van der Waals surface area contributed by atoms with Crippen LogP contribution in [0.15, 0.2) is 35.4 Å². The van der Waals surface area contributed by atoms with Gasteiger partial charge in [-0.2, -0.15) is 0 Å². The van der Waals surface area contributed by atoms with Crippen LogP contribution < -0.4 is 0 Å². The van der Waals surface area contributed by atoms with E-state index >= 15 is 0 Å². The molecule has 0 radical (unpaired) electrons. The molecular weight excluding hydrogens is 469 g/mol. The van der Waals surface area contributed by atoms with Crippen molar-refractivity contribution in [2.45, 2.75) is 105 Å². The van der Waals surface area contributed by atoms with Gasteiger partial charge >= 0.3 is 0 Å². The van der Waals surface area contributed by atoms with E-state index in [1.54, 1.807) is 54.9 Å². The van der Waals surface area contributed by atoms with Crippen LogP contribution in [0.4, 0.5) is 0 Å². The van der Waals surface area contributed by atoms with Gasteiger partial charge in [0.15, 0.2) is 0 Å². The molecule has 35 heavy (non-hydrogen) atoms. The molecule has 188 valence electrons. The third kappa shape index (κ3) is 4.93. The Morgan fingerprint density at radius 3 is 1.20 bits per heavy atom. The highest BCUT2D eigenvalue weighted by molar-refractivity contribution is 7.09. The third-order valence-electron chi connectivity index (χ3n) is 8.20. The summed E-state index contributed by atoms with van der Waals surface area (Å²) in [6, 6.07) is 12.4. The zero-order valence-electron chi connectivity index (χ0n) is 24.6. The molecule has 4 rings (SSSR count). The number of benzene rings is 2. The summed E-state index contributed by atoms with van der Waals surface area (Å²) in [6.45, 7) is 30.1. The predicted molar refractivity (Wildman–Crippen MR) is 167 cm³/mol. The minimum Gasteiger partial charge on any atom is -0.0693 e. The molecule has 0 aromatic heterocycles. The van der Waals surface area contributed by atoms with Gasteiger partial charge in [-0.05, 0) is 108 Å². The highest BCUT2D eigenvalue weighted by Crippen LogP contribution is 2.51. The van der Waals surface area contributed by atoms with Crippen LogP contribution in [0.3, 0.4) is 0 Å². The second-order valence-electron chi connectivity index (χ2n) is 14.6. The standard InChI is InChI=1S/C32H48Si3/c1-21-13-15-25(19-33(5,6)7)29-27(21)17-23(3)31(29)35(11,12)32-24(4)18-28-22(2)14-16-26(30(28)32)20-34(8,9)10/h13-16H,17-20H2,1-12H3. The Balaban J connectivity index is 1.94. The molecule has 0 aliphatic heterocycles. The first-order valence-electron chi connectivity index (χ1n) is 13.6. The molecule has 2 aliphatic rings. The van der Waals surface area contributed by atoms with Gasteiger partial charge in [-0.1, -0.05) is 87.8 Å². The molecule has 0 N–H and O–H groups in total. The van der Waals surface area contributed by atoms with Crippen LogP contribution >= 0.6 is 0 Å². The van der Waals surface area contributed by atoms with Crippen molar-refractivity contribution in [2.75, 3.05) is 0 Å². The van der Waals surface area contributed by atoms with Crippen LogP contribution in [0.5, 0.6) is 0 Å². The van der Waals surface area contributed by atoms with E-state index in [0.29, 0.717) is 0 Å². The van der Waals surface area contributed by atoms with Gasteiger partial charge in [0.1, 0.15) is 8.07 Å². The van der Waals surface area contributed by atoms with E-state index in [0.717, 1.165) is 12.8 Å². The summed E-state index contributed by atoms with van der Waals surface area (Å²) in [6.07, 6.45) is 2.31. The minimum atomic E-state index is -1.94. The molecule has 0 fully saturated rings. The lowest BCUT2D eigenvalue weighted by Gasteiger charge is -2.33. The van der Waals surface area contributed by atoms with Crippen LogP contribution in [-0.4, -0.2) is 24.2 Å². The zero-order chi connectivity index (χ0) is 26.1.